The Labute approximate surface area is 226 Å². The highest BCUT2D eigenvalue weighted by molar-refractivity contribution is 6.32. The van der Waals surface area contributed by atoms with Gasteiger partial charge in [-0.3, -0.25) is 10.1 Å². The van der Waals surface area contributed by atoms with Crippen LogP contribution < -0.4 is 15.2 Å². The number of non-ortho nitro benzene ring substituents is 1. The Bertz CT molecular complexity index is 1760. The van der Waals surface area contributed by atoms with E-state index in [1.165, 1.54) is 18.2 Å². The molecule has 0 saturated heterocycles. The molecule has 4 aromatic carbocycles. The zero-order valence-corrected chi connectivity index (χ0v) is 21.2. The maximum Gasteiger partial charge on any atom is 0.271 e. The minimum absolute atomic E-state index is 0.0674. The molecule has 2 aromatic heterocycles. The number of nitrogens with zero attached hydrogens (tertiary/aromatic N) is 1. The number of nitrogen functional groups attached to an aromatic ring is 1. The molecule has 10 heteroatoms. The maximum atomic E-state index is 10.7. The molecule has 0 fully saturated rings. The first-order valence-corrected chi connectivity index (χ1v) is 12.1. The molecule has 0 bridgehead atoms. The molecule has 6 aromatic rings. The van der Waals surface area contributed by atoms with Gasteiger partial charge in [0, 0.05) is 52.0 Å². The Morgan fingerprint density at radius 2 is 1.21 bits per heavy atom. The lowest BCUT2D eigenvalue weighted by atomic mass is 10.2. The van der Waals surface area contributed by atoms with Crippen LogP contribution in [0.1, 0.15) is 0 Å². The zero-order valence-electron chi connectivity index (χ0n) is 19.7. The van der Waals surface area contributed by atoms with Crippen LogP contribution in [0.2, 0.25) is 10.0 Å². The molecule has 4 N–H and O–H groups in total. The number of fused-ring (bicyclic) bond motifs is 2. The number of nitrogens with one attached hydrogen (secondary N) is 2. The van der Waals surface area contributed by atoms with Gasteiger partial charge in [0.25, 0.3) is 5.69 Å². The number of anilines is 1. The second-order valence-electron chi connectivity index (χ2n) is 8.16. The second-order valence-corrected chi connectivity index (χ2v) is 8.97. The Morgan fingerprint density at radius 3 is 1.71 bits per heavy atom. The average molecular weight is 547 g/mol. The van der Waals surface area contributed by atoms with Gasteiger partial charge in [0.05, 0.1) is 15.0 Å². The molecule has 0 aliphatic heterocycles. The van der Waals surface area contributed by atoms with Crippen LogP contribution in [-0.2, 0) is 0 Å². The van der Waals surface area contributed by atoms with E-state index in [1.807, 2.05) is 60.9 Å². The van der Waals surface area contributed by atoms with Crippen molar-refractivity contribution in [1.82, 2.24) is 9.97 Å². The molecule has 38 heavy (non-hydrogen) atoms. The van der Waals surface area contributed by atoms with Gasteiger partial charge < -0.3 is 25.2 Å². The Balaban J connectivity index is 0.000000156. The van der Waals surface area contributed by atoms with Crippen molar-refractivity contribution in [3.63, 3.8) is 0 Å². The lowest BCUT2D eigenvalue weighted by Gasteiger charge is -2.09. The smallest absolute Gasteiger partial charge is 0.271 e. The molecule has 0 amide bonds. The Hall–Kier alpha value is -4.66. The van der Waals surface area contributed by atoms with Gasteiger partial charge in [0.2, 0.25) is 0 Å². The van der Waals surface area contributed by atoms with Crippen LogP contribution in [0.15, 0.2) is 97.3 Å². The standard InChI is InChI=1S/C14H9ClN2O3.C14H11ClN2O/c15-11-8-9(17(18)19)4-5-14(11)20-13-3-1-2-12-10(13)6-7-16-12;15-11-8-9(16)4-5-14(11)18-13-3-1-2-12-10(13)6-7-17-12/h1-8,16H;1-8,17H,16H2. The van der Waals surface area contributed by atoms with Gasteiger partial charge in [0.1, 0.15) is 23.0 Å². The van der Waals surface area contributed by atoms with Gasteiger partial charge >= 0.3 is 0 Å². The molecule has 2 heterocycles. The number of aromatic amines is 2. The van der Waals surface area contributed by atoms with Crippen LogP contribution >= 0.6 is 23.2 Å². The van der Waals surface area contributed by atoms with E-state index < -0.39 is 4.92 Å². The third-order valence-electron chi connectivity index (χ3n) is 5.63. The Kier molecular flexibility index (Phi) is 7.08. The number of aromatic nitrogens is 2. The first-order valence-electron chi connectivity index (χ1n) is 11.4. The molecule has 0 aliphatic rings. The van der Waals surface area contributed by atoms with E-state index in [0.717, 1.165) is 27.6 Å². The molecule has 0 aliphatic carbocycles. The number of nitrogens with two attached hydrogens (primary N) is 1. The van der Waals surface area contributed by atoms with Gasteiger partial charge in [-0.2, -0.15) is 0 Å². The van der Waals surface area contributed by atoms with Crippen molar-refractivity contribution in [1.29, 1.82) is 0 Å². The summed E-state index contributed by atoms with van der Waals surface area (Å²) in [7, 11) is 0. The van der Waals surface area contributed by atoms with Gasteiger partial charge in [-0.25, -0.2) is 0 Å². The SMILES string of the molecule is Nc1ccc(Oc2cccc3[nH]ccc23)c(Cl)c1.O=[N+]([O-])c1ccc(Oc2cccc3[nH]ccc23)c(Cl)c1. The molecule has 190 valence electrons. The number of rotatable bonds is 5. The summed E-state index contributed by atoms with van der Waals surface area (Å²) in [5, 5.41) is 13.3. The van der Waals surface area contributed by atoms with E-state index in [-0.39, 0.29) is 10.7 Å². The molecule has 8 nitrogen and oxygen atoms in total. The summed E-state index contributed by atoms with van der Waals surface area (Å²) in [5.74, 6) is 2.38. The van der Waals surface area contributed by atoms with Crippen molar-refractivity contribution < 1.29 is 14.4 Å². The third-order valence-corrected chi connectivity index (χ3v) is 6.22. The summed E-state index contributed by atoms with van der Waals surface area (Å²) < 4.78 is 11.6. The van der Waals surface area contributed by atoms with Crippen molar-refractivity contribution in [2.24, 2.45) is 0 Å². The number of hydrogen-bond donors (Lipinski definition) is 3. The van der Waals surface area contributed by atoms with Crippen molar-refractivity contribution in [3.05, 3.63) is 117 Å². The number of nitro benzene ring substituents is 1. The largest absolute Gasteiger partial charge is 0.455 e. The van der Waals surface area contributed by atoms with E-state index >= 15 is 0 Å². The molecular formula is C28H20Cl2N4O4. The predicted octanol–water partition coefficient (Wildman–Crippen LogP) is 8.72. The lowest BCUT2D eigenvalue weighted by Crippen LogP contribution is -1.90. The highest BCUT2D eigenvalue weighted by Gasteiger charge is 2.12. The second kappa shape index (κ2) is 10.8. The number of benzene rings is 4. The summed E-state index contributed by atoms with van der Waals surface area (Å²) in [6, 6.07) is 24.6. The van der Waals surface area contributed by atoms with Gasteiger partial charge in [-0.1, -0.05) is 35.3 Å². The predicted molar refractivity (Wildman–Crippen MR) is 151 cm³/mol. The summed E-state index contributed by atoms with van der Waals surface area (Å²) >= 11 is 12.1. The van der Waals surface area contributed by atoms with Crippen molar-refractivity contribution in [2.45, 2.75) is 0 Å². The van der Waals surface area contributed by atoms with Gasteiger partial charge in [-0.15, -0.1) is 0 Å². The summed E-state index contributed by atoms with van der Waals surface area (Å²) in [6.07, 6.45) is 3.69. The van der Waals surface area contributed by atoms with E-state index in [4.69, 9.17) is 38.4 Å². The normalized spacial score (nSPS) is 10.7. The van der Waals surface area contributed by atoms with Crippen LogP contribution in [0, 0.1) is 10.1 Å². The highest BCUT2D eigenvalue weighted by Crippen LogP contribution is 2.36. The molecule has 0 radical (unpaired) electrons. The van der Waals surface area contributed by atoms with E-state index in [2.05, 4.69) is 9.97 Å². The molecular weight excluding hydrogens is 527 g/mol. The molecule has 0 spiro atoms. The van der Waals surface area contributed by atoms with Crippen LogP contribution in [0.25, 0.3) is 21.8 Å². The molecule has 0 saturated carbocycles. The van der Waals surface area contributed by atoms with Crippen LogP contribution in [-0.4, -0.2) is 14.9 Å². The molecule has 0 unspecified atom stereocenters. The number of nitro groups is 1. The minimum Gasteiger partial charge on any atom is -0.455 e. The van der Waals surface area contributed by atoms with Crippen molar-refractivity contribution >= 4 is 56.4 Å². The number of hydrogen-bond acceptors (Lipinski definition) is 5. The summed E-state index contributed by atoms with van der Waals surface area (Å²) in [4.78, 5) is 16.4. The fourth-order valence-corrected chi connectivity index (χ4v) is 4.25. The van der Waals surface area contributed by atoms with Crippen LogP contribution in [0.5, 0.6) is 23.0 Å². The molecule has 0 atom stereocenters. The fraction of sp³-hybridized carbons (Fsp3) is 0. The monoisotopic (exact) mass is 546 g/mol. The van der Waals surface area contributed by atoms with Gasteiger partial charge in [0.15, 0.2) is 0 Å². The van der Waals surface area contributed by atoms with E-state index in [1.54, 1.807) is 18.2 Å². The molecule has 6 rings (SSSR count). The number of halogens is 2. The summed E-state index contributed by atoms with van der Waals surface area (Å²) in [5.41, 5.74) is 8.17. The maximum absolute atomic E-state index is 10.7. The van der Waals surface area contributed by atoms with Crippen molar-refractivity contribution in [3.8, 4) is 23.0 Å². The summed E-state index contributed by atoms with van der Waals surface area (Å²) in [6.45, 7) is 0. The quantitative estimate of drug-likeness (QED) is 0.113. The third kappa shape index (κ3) is 5.36. The fourth-order valence-electron chi connectivity index (χ4n) is 3.81. The lowest BCUT2D eigenvalue weighted by molar-refractivity contribution is -0.384. The average Bonchev–Trinajstić information content (AvgIpc) is 3.58. The van der Waals surface area contributed by atoms with Crippen LogP contribution in [0.4, 0.5) is 11.4 Å². The van der Waals surface area contributed by atoms with E-state index in [9.17, 15) is 10.1 Å². The van der Waals surface area contributed by atoms with Crippen LogP contribution in [0.3, 0.4) is 0 Å². The van der Waals surface area contributed by atoms with E-state index in [0.29, 0.717) is 28.0 Å². The first kappa shape index (κ1) is 25.0. The topological polar surface area (TPSA) is 119 Å². The first-order chi connectivity index (χ1) is 18.4. The zero-order chi connectivity index (χ0) is 26.6. The minimum atomic E-state index is -0.497. The van der Waals surface area contributed by atoms with Crippen molar-refractivity contribution in [2.75, 3.05) is 5.73 Å². The number of ether oxygens (including phenoxy) is 2. The Morgan fingerprint density at radius 1 is 0.684 bits per heavy atom. The number of H-pyrrole nitrogens is 2. The van der Waals surface area contributed by atoms with Gasteiger partial charge in [-0.05, 0) is 60.7 Å². The highest BCUT2D eigenvalue weighted by atomic mass is 35.5.